The van der Waals surface area contributed by atoms with Gasteiger partial charge in [-0.2, -0.15) is 0 Å². The van der Waals surface area contributed by atoms with Gasteiger partial charge >= 0.3 is 0 Å². The molecule has 1 aliphatic carbocycles. The van der Waals surface area contributed by atoms with Crippen molar-refractivity contribution in [2.75, 3.05) is 11.9 Å². The number of hydrogen-bond acceptors (Lipinski definition) is 2. The number of pyridine rings is 1. The highest BCUT2D eigenvalue weighted by Crippen LogP contribution is 2.21. The number of anilines is 1. The lowest BCUT2D eigenvalue weighted by Crippen LogP contribution is -2.27. The Morgan fingerprint density at radius 1 is 1.41 bits per heavy atom. The fourth-order valence-electron chi connectivity index (χ4n) is 2.06. The topological polar surface area (TPSA) is 33.2 Å². The highest BCUT2D eigenvalue weighted by atomic mass is 16.2. The normalized spacial score (nSPS) is 15.2. The maximum absolute atomic E-state index is 12.1. The lowest BCUT2D eigenvalue weighted by molar-refractivity contribution is -0.117. The molecule has 17 heavy (non-hydrogen) atoms. The van der Waals surface area contributed by atoms with Gasteiger partial charge in [-0.15, -0.1) is 0 Å². The van der Waals surface area contributed by atoms with Gasteiger partial charge in [0.2, 0.25) is 5.91 Å². The second kappa shape index (κ2) is 5.62. The Hall–Kier alpha value is -1.64. The SMILES string of the molecule is CN(C(=O)CC1=CCCCC1)c1ccccn1. The Morgan fingerprint density at radius 2 is 2.29 bits per heavy atom. The fraction of sp³-hybridized carbons (Fsp3) is 0.429. The predicted molar refractivity (Wildman–Crippen MR) is 68.8 cm³/mol. The average molecular weight is 230 g/mol. The van der Waals surface area contributed by atoms with Gasteiger partial charge in [0.15, 0.2) is 0 Å². The maximum Gasteiger partial charge on any atom is 0.231 e. The number of aromatic nitrogens is 1. The number of carbonyl (C=O) groups excluding carboxylic acids is 1. The number of rotatable bonds is 3. The van der Waals surface area contributed by atoms with E-state index in [1.54, 1.807) is 18.1 Å². The van der Waals surface area contributed by atoms with Crippen LogP contribution in [-0.2, 0) is 4.79 Å². The third-order valence-corrected chi connectivity index (χ3v) is 3.13. The number of hydrogen-bond donors (Lipinski definition) is 0. The van der Waals surface area contributed by atoms with Crippen LogP contribution in [0.15, 0.2) is 36.0 Å². The van der Waals surface area contributed by atoms with Gasteiger partial charge in [-0.3, -0.25) is 9.69 Å². The molecule has 0 N–H and O–H groups in total. The molecule has 1 aromatic heterocycles. The second-order valence-electron chi connectivity index (χ2n) is 4.43. The van der Waals surface area contributed by atoms with Crippen LogP contribution in [0.4, 0.5) is 5.82 Å². The zero-order valence-corrected chi connectivity index (χ0v) is 10.2. The van der Waals surface area contributed by atoms with Crippen molar-refractivity contribution in [1.29, 1.82) is 0 Å². The molecule has 0 atom stereocenters. The van der Waals surface area contributed by atoms with Crippen LogP contribution >= 0.6 is 0 Å². The van der Waals surface area contributed by atoms with Crippen LogP contribution in [0.25, 0.3) is 0 Å². The number of allylic oxidation sites excluding steroid dienone is 1. The lowest BCUT2D eigenvalue weighted by Gasteiger charge is -2.18. The van der Waals surface area contributed by atoms with Crippen LogP contribution in [0.3, 0.4) is 0 Å². The van der Waals surface area contributed by atoms with Crippen LogP contribution in [0.5, 0.6) is 0 Å². The Bertz CT molecular complexity index is 411. The van der Waals surface area contributed by atoms with E-state index in [0.717, 1.165) is 12.8 Å². The summed E-state index contributed by atoms with van der Waals surface area (Å²) in [5, 5.41) is 0. The molecule has 2 rings (SSSR count). The van der Waals surface area contributed by atoms with Crippen molar-refractivity contribution in [3.63, 3.8) is 0 Å². The van der Waals surface area contributed by atoms with Gasteiger partial charge in [-0.05, 0) is 37.8 Å². The summed E-state index contributed by atoms with van der Waals surface area (Å²) in [6, 6.07) is 5.60. The van der Waals surface area contributed by atoms with Crippen LogP contribution in [0, 0.1) is 0 Å². The zero-order valence-electron chi connectivity index (χ0n) is 10.2. The Kier molecular flexibility index (Phi) is 3.91. The van der Waals surface area contributed by atoms with E-state index >= 15 is 0 Å². The van der Waals surface area contributed by atoms with E-state index in [9.17, 15) is 4.79 Å². The first-order valence-corrected chi connectivity index (χ1v) is 6.13. The van der Waals surface area contributed by atoms with Gasteiger partial charge < -0.3 is 0 Å². The molecule has 0 bridgehead atoms. The molecule has 0 unspecified atom stereocenters. The monoisotopic (exact) mass is 230 g/mol. The van der Waals surface area contributed by atoms with Gasteiger partial charge in [0.05, 0.1) is 0 Å². The van der Waals surface area contributed by atoms with Crippen LogP contribution < -0.4 is 4.90 Å². The minimum Gasteiger partial charge on any atom is -0.300 e. The molecule has 0 spiro atoms. The summed E-state index contributed by atoms with van der Waals surface area (Å²) in [6.07, 6.45) is 9.12. The molecule has 0 saturated carbocycles. The first-order chi connectivity index (χ1) is 8.27. The molecule has 0 aliphatic heterocycles. The zero-order chi connectivity index (χ0) is 12.1. The fourth-order valence-corrected chi connectivity index (χ4v) is 2.06. The van der Waals surface area contributed by atoms with Gasteiger partial charge in [-0.1, -0.05) is 17.7 Å². The summed E-state index contributed by atoms with van der Waals surface area (Å²) < 4.78 is 0. The van der Waals surface area contributed by atoms with Crippen molar-refractivity contribution in [1.82, 2.24) is 4.98 Å². The van der Waals surface area contributed by atoms with E-state index in [2.05, 4.69) is 11.1 Å². The Labute approximate surface area is 102 Å². The summed E-state index contributed by atoms with van der Waals surface area (Å²) in [7, 11) is 1.79. The predicted octanol–water partition coefficient (Wildman–Crippen LogP) is 2.93. The molecule has 3 nitrogen and oxygen atoms in total. The van der Waals surface area contributed by atoms with Crippen LogP contribution in [-0.4, -0.2) is 17.9 Å². The Morgan fingerprint density at radius 3 is 2.94 bits per heavy atom. The highest BCUT2D eigenvalue weighted by molar-refractivity contribution is 5.93. The lowest BCUT2D eigenvalue weighted by atomic mass is 9.97. The molecule has 1 heterocycles. The summed E-state index contributed by atoms with van der Waals surface area (Å²) in [5.74, 6) is 0.839. The van der Waals surface area contributed by atoms with Gasteiger partial charge in [-0.25, -0.2) is 4.98 Å². The minimum atomic E-state index is 0.122. The van der Waals surface area contributed by atoms with Crippen molar-refractivity contribution in [2.45, 2.75) is 32.1 Å². The molecule has 0 radical (unpaired) electrons. The standard InChI is InChI=1S/C14H18N2O/c1-16(13-9-5-6-10-15-13)14(17)11-12-7-3-2-4-8-12/h5-7,9-10H,2-4,8,11H2,1H3. The third kappa shape index (κ3) is 3.16. The van der Waals surface area contributed by atoms with E-state index in [1.807, 2.05) is 18.2 Å². The molecule has 0 saturated heterocycles. The minimum absolute atomic E-state index is 0.122. The molecule has 0 aromatic carbocycles. The maximum atomic E-state index is 12.1. The van der Waals surface area contributed by atoms with E-state index in [4.69, 9.17) is 0 Å². The van der Waals surface area contributed by atoms with E-state index < -0.39 is 0 Å². The molecule has 0 fully saturated rings. The first-order valence-electron chi connectivity index (χ1n) is 6.13. The smallest absolute Gasteiger partial charge is 0.231 e. The summed E-state index contributed by atoms with van der Waals surface area (Å²) in [6.45, 7) is 0. The highest BCUT2D eigenvalue weighted by Gasteiger charge is 2.14. The van der Waals surface area contributed by atoms with Crippen molar-refractivity contribution in [2.24, 2.45) is 0 Å². The molecule has 90 valence electrons. The average Bonchev–Trinajstić information content (AvgIpc) is 2.40. The van der Waals surface area contributed by atoms with Crippen molar-refractivity contribution in [3.05, 3.63) is 36.0 Å². The van der Waals surface area contributed by atoms with Crippen molar-refractivity contribution in [3.8, 4) is 0 Å². The van der Waals surface area contributed by atoms with Crippen molar-refractivity contribution >= 4 is 11.7 Å². The summed E-state index contributed by atoms with van der Waals surface area (Å²) >= 11 is 0. The van der Waals surface area contributed by atoms with Crippen molar-refractivity contribution < 1.29 is 4.79 Å². The molecular weight excluding hydrogens is 212 g/mol. The number of carbonyl (C=O) groups is 1. The number of nitrogens with zero attached hydrogens (tertiary/aromatic N) is 2. The molecule has 1 amide bonds. The molecule has 1 aliphatic rings. The first kappa shape index (κ1) is 11.8. The van der Waals surface area contributed by atoms with E-state index in [0.29, 0.717) is 12.2 Å². The van der Waals surface area contributed by atoms with Gasteiger partial charge in [0.25, 0.3) is 0 Å². The van der Waals surface area contributed by atoms with Crippen LogP contribution in [0.1, 0.15) is 32.1 Å². The second-order valence-corrected chi connectivity index (χ2v) is 4.43. The molecule has 3 heteroatoms. The van der Waals surface area contributed by atoms with Crippen LogP contribution in [0.2, 0.25) is 0 Å². The Balaban J connectivity index is 1.98. The van der Waals surface area contributed by atoms with Gasteiger partial charge in [0, 0.05) is 19.7 Å². The third-order valence-electron chi connectivity index (χ3n) is 3.13. The van der Waals surface area contributed by atoms with E-state index in [-0.39, 0.29) is 5.91 Å². The molecule has 1 aromatic rings. The largest absolute Gasteiger partial charge is 0.300 e. The summed E-state index contributed by atoms with van der Waals surface area (Å²) in [5.41, 5.74) is 1.28. The van der Waals surface area contributed by atoms with Gasteiger partial charge in [0.1, 0.15) is 5.82 Å². The summed E-state index contributed by atoms with van der Waals surface area (Å²) in [4.78, 5) is 17.9. The molecular formula is C14H18N2O. The van der Waals surface area contributed by atoms with E-state index in [1.165, 1.54) is 18.4 Å². The quantitative estimate of drug-likeness (QED) is 0.748. The number of amides is 1.